The fourth-order valence-electron chi connectivity index (χ4n) is 1.26. The lowest BCUT2D eigenvalue weighted by atomic mass is 9.89. The van der Waals surface area contributed by atoms with Crippen LogP contribution in [0.15, 0.2) is 0 Å². The molecule has 0 saturated carbocycles. The van der Waals surface area contributed by atoms with Gasteiger partial charge in [-0.3, -0.25) is 0 Å². The maximum absolute atomic E-state index is 9.38. The van der Waals surface area contributed by atoms with E-state index in [4.69, 9.17) is 20.1 Å². The van der Waals surface area contributed by atoms with E-state index in [1.54, 1.807) is 0 Å². The van der Waals surface area contributed by atoms with Gasteiger partial charge in [-0.05, 0) is 6.92 Å². The summed E-state index contributed by atoms with van der Waals surface area (Å²) >= 11 is 0. The van der Waals surface area contributed by atoms with Gasteiger partial charge in [0.25, 0.3) is 0 Å². The molecule has 1 heterocycles. The standard InChI is InChI=1S/C7H14O6/c1-7(2-8)5(11)3(9)4(10)6(12)13-7/h3-6,8-12H,2H2,1H3/t3-,4?,5+,6+,7?/m0/s1. The molecule has 0 bridgehead atoms. The lowest BCUT2D eigenvalue weighted by Crippen LogP contribution is -2.64. The SMILES string of the molecule is CC1(CO)O[C@@H](O)C(O)[C@H](O)[C@H]1O. The van der Waals surface area contributed by atoms with Crippen LogP contribution in [0.3, 0.4) is 0 Å². The molecule has 1 fully saturated rings. The minimum atomic E-state index is -1.60. The maximum atomic E-state index is 9.38. The molecule has 78 valence electrons. The maximum Gasteiger partial charge on any atom is 0.184 e. The summed E-state index contributed by atoms with van der Waals surface area (Å²) in [5.41, 5.74) is -1.45. The van der Waals surface area contributed by atoms with Crippen LogP contribution < -0.4 is 0 Å². The molecular weight excluding hydrogens is 180 g/mol. The van der Waals surface area contributed by atoms with Gasteiger partial charge in [0.2, 0.25) is 0 Å². The van der Waals surface area contributed by atoms with Gasteiger partial charge >= 0.3 is 0 Å². The summed E-state index contributed by atoms with van der Waals surface area (Å²) < 4.78 is 4.76. The van der Waals surface area contributed by atoms with Crippen molar-refractivity contribution in [1.29, 1.82) is 0 Å². The molecule has 0 aromatic carbocycles. The van der Waals surface area contributed by atoms with Crippen molar-refractivity contribution in [2.24, 2.45) is 0 Å². The number of rotatable bonds is 1. The molecule has 0 amide bonds. The van der Waals surface area contributed by atoms with Crippen molar-refractivity contribution in [1.82, 2.24) is 0 Å². The Kier molecular flexibility index (Phi) is 2.91. The quantitative estimate of drug-likeness (QED) is 0.308. The average Bonchev–Trinajstić information content (AvgIpc) is 2.12. The highest BCUT2D eigenvalue weighted by molar-refractivity contribution is 4.96. The Bertz CT molecular complexity index is 186. The van der Waals surface area contributed by atoms with Crippen LogP contribution >= 0.6 is 0 Å². The molecule has 0 aromatic heterocycles. The Hall–Kier alpha value is -0.240. The first-order valence-electron chi connectivity index (χ1n) is 3.93. The van der Waals surface area contributed by atoms with E-state index in [0.29, 0.717) is 0 Å². The summed E-state index contributed by atoms with van der Waals surface area (Å²) in [4.78, 5) is 0. The van der Waals surface area contributed by atoms with Gasteiger partial charge in [-0.2, -0.15) is 0 Å². The van der Waals surface area contributed by atoms with Crippen molar-refractivity contribution < 1.29 is 30.3 Å². The Balaban J connectivity index is 2.82. The molecule has 5 atom stereocenters. The molecule has 0 aromatic rings. The highest BCUT2D eigenvalue weighted by atomic mass is 16.6. The van der Waals surface area contributed by atoms with Crippen molar-refractivity contribution in [3.63, 3.8) is 0 Å². The topological polar surface area (TPSA) is 110 Å². The Morgan fingerprint density at radius 3 is 2.15 bits per heavy atom. The van der Waals surface area contributed by atoms with Gasteiger partial charge in [0.05, 0.1) is 6.61 Å². The van der Waals surface area contributed by atoms with Gasteiger partial charge in [-0.25, -0.2) is 0 Å². The van der Waals surface area contributed by atoms with E-state index < -0.39 is 36.8 Å². The predicted octanol–water partition coefficient (Wildman–Crippen LogP) is -2.83. The largest absolute Gasteiger partial charge is 0.393 e. The summed E-state index contributed by atoms with van der Waals surface area (Å²) in [5.74, 6) is 0. The normalized spacial score (nSPS) is 52.2. The minimum Gasteiger partial charge on any atom is -0.393 e. The van der Waals surface area contributed by atoms with Gasteiger partial charge in [0, 0.05) is 0 Å². The zero-order valence-corrected chi connectivity index (χ0v) is 7.16. The molecule has 1 rings (SSSR count). The highest BCUT2D eigenvalue weighted by Gasteiger charge is 2.50. The van der Waals surface area contributed by atoms with E-state index in [-0.39, 0.29) is 0 Å². The van der Waals surface area contributed by atoms with Crippen LogP contribution in [0.4, 0.5) is 0 Å². The molecule has 2 unspecified atom stereocenters. The molecule has 6 nitrogen and oxygen atoms in total. The molecule has 0 aliphatic carbocycles. The zero-order chi connectivity index (χ0) is 10.2. The van der Waals surface area contributed by atoms with Gasteiger partial charge in [-0.1, -0.05) is 0 Å². The van der Waals surface area contributed by atoms with Crippen molar-refractivity contribution in [2.75, 3.05) is 6.61 Å². The van der Waals surface area contributed by atoms with Gasteiger partial charge in [0.15, 0.2) is 6.29 Å². The van der Waals surface area contributed by atoms with E-state index >= 15 is 0 Å². The smallest absolute Gasteiger partial charge is 0.184 e. The van der Waals surface area contributed by atoms with E-state index in [9.17, 15) is 10.2 Å². The van der Waals surface area contributed by atoms with Crippen LogP contribution in [0.25, 0.3) is 0 Å². The predicted molar refractivity (Wildman–Crippen MR) is 40.6 cm³/mol. The van der Waals surface area contributed by atoms with Gasteiger partial charge in [-0.15, -0.1) is 0 Å². The number of hydrogen-bond donors (Lipinski definition) is 5. The van der Waals surface area contributed by atoms with E-state index in [0.717, 1.165) is 0 Å². The molecule has 0 spiro atoms. The van der Waals surface area contributed by atoms with Crippen LogP contribution in [0, 0.1) is 0 Å². The average molecular weight is 194 g/mol. The minimum absolute atomic E-state index is 0.561. The zero-order valence-electron chi connectivity index (χ0n) is 7.16. The highest BCUT2D eigenvalue weighted by Crippen LogP contribution is 2.28. The summed E-state index contributed by atoms with van der Waals surface area (Å²) in [6.45, 7) is 0.769. The summed E-state index contributed by atoms with van der Waals surface area (Å²) in [6.07, 6.45) is -6.12. The molecule has 13 heavy (non-hydrogen) atoms. The third kappa shape index (κ3) is 1.69. The van der Waals surface area contributed by atoms with Crippen LogP contribution in [0.2, 0.25) is 0 Å². The van der Waals surface area contributed by atoms with Crippen molar-refractivity contribution in [3.8, 4) is 0 Å². The van der Waals surface area contributed by atoms with Crippen LogP contribution in [0.1, 0.15) is 6.92 Å². The second-order valence-corrected chi connectivity index (χ2v) is 3.41. The Morgan fingerprint density at radius 1 is 1.15 bits per heavy atom. The molecule has 1 aliphatic heterocycles. The second-order valence-electron chi connectivity index (χ2n) is 3.41. The Labute approximate surface area is 75.0 Å². The molecule has 1 saturated heterocycles. The lowest BCUT2D eigenvalue weighted by molar-refractivity contribution is -0.321. The number of hydrogen-bond acceptors (Lipinski definition) is 6. The third-order valence-electron chi connectivity index (χ3n) is 2.30. The van der Waals surface area contributed by atoms with Crippen LogP contribution in [-0.2, 0) is 4.74 Å². The fraction of sp³-hybridized carbons (Fsp3) is 1.00. The fourth-order valence-corrected chi connectivity index (χ4v) is 1.26. The molecule has 1 aliphatic rings. The van der Waals surface area contributed by atoms with E-state index in [2.05, 4.69) is 0 Å². The third-order valence-corrected chi connectivity index (χ3v) is 2.30. The van der Waals surface area contributed by atoms with Gasteiger partial charge < -0.3 is 30.3 Å². The molecule has 6 heteroatoms. The second kappa shape index (κ2) is 3.49. The first-order valence-corrected chi connectivity index (χ1v) is 3.93. The number of aliphatic hydroxyl groups is 5. The van der Waals surface area contributed by atoms with Crippen LogP contribution in [0.5, 0.6) is 0 Å². The number of ether oxygens (including phenoxy) is 1. The van der Waals surface area contributed by atoms with Crippen LogP contribution in [-0.4, -0.2) is 62.3 Å². The molecular formula is C7H14O6. The summed E-state index contributed by atoms with van der Waals surface area (Å²) in [7, 11) is 0. The molecule has 0 radical (unpaired) electrons. The molecule has 5 N–H and O–H groups in total. The monoisotopic (exact) mass is 194 g/mol. The van der Waals surface area contributed by atoms with Crippen molar-refractivity contribution in [2.45, 2.75) is 37.1 Å². The summed E-state index contributed by atoms with van der Waals surface area (Å²) in [6, 6.07) is 0. The van der Waals surface area contributed by atoms with E-state index in [1.807, 2.05) is 0 Å². The first-order chi connectivity index (χ1) is 5.92. The van der Waals surface area contributed by atoms with Gasteiger partial charge in [0.1, 0.15) is 23.9 Å². The van der Waals surface area contributed by atoms with E-state index in [1.165, 1.54) is 6.92 Å². The first kappa shape index (κ1) is 10.8. The Morgan fingerprint density at radius 2 is 1.69 bits per heavy atom. The van der Waals surface area contributed by atoms with Crippen molar-refractivity contribution >= 4 is 0 Å². The van der Waals surface area contributed by atoms with Crippen molar-refractivity contribution in [3.05, 3.63) is 0 Å². The summed E-state index contributed by atoms with van der Waals surface area (Å²) in [5, 5.41) is 45.6. The number of aliphatic hydroxyl groups excluding tert-OH is 5. The lowest BCUT2D eigenvalue weighted by Gasteiger charge is -2.44.